The Morgan fingerprint density at radius 1 is 1.30 bits per heavy atom. The maximum atomic E-state index is 12.6. The summed E-state index contributed by atoms with van der Waals surface area (Å²) in [7, 11) is 0. The Kier molecular flexibility index (Phi) is 5.16. The molecular formula is C20H29N3O4. The maximum Gasteiger partial charge on any atom is 0.307 e. The van der Waals surface area contributed by atoms with Crippen LogP contribution in [-0.2, 0) is 9.59 Å². The number of rotatable bonds is 4. The Hall–Kier alpha value is -2.15. The van der Waals surface area contributed by atoms with Crippen LogP contribution in [0.1, 0.15) is 46.0 Å². The lowest BCUT2D eigenvalue weighted by Crippen LogP contribution is -2.63. The number of hydrogen-bond acceptors (Lipinski definition) is 5. The fourth-order valence-corrected chi connectivity index (χ4v) is 4.50. The molecule has 5 N–H and O–H groups in total. The first-order chi connectivity index (χ1) is 12.6. The second kappa shape index (κ2) is 7.11. The van der Waals surface area contributed by atoms with Gasteiger partial charge < -0.3 is 26.3 Å². The van der Waals surface area contributed by atoms with Gasteiger partial charge in [0.2, 0.25) is 5.91 Å². The van der Waals surface area contributed by atoms with Crippen molar-refractivity contribution < 1.29 is 19.8 Å². The van der Waals surface area contributed by atoms with Gasteiger partial charge in [-0.2, -0.15) is 0 Å². The van der Waals surface area contributed by atoms with Gasteiger partial charge in [-0.1, -0.05) is 13.0 Å². The summed E-state index contributed by atoms with van der Waals surface area (Å²) >= 11 is 0. The Morgan fingerprint density at radius 2 is 1.96 bits per heavy atom. The second-order valence-corrected chi connectivity index (χ2v) is 8.54. The largest absolute Gasteiger partial charge is 0.481 e. The number of carbonyl (C=O) groups is 2. The Morgan fingerprint density at radius 3 is 2.48 bits per heavy atom. The van der Waals surface area contributed by atoms with Gasteiger partial charge in [-0.15, -0.1) is 0 Å². The van der Waals surface area contributed by atoms with Crippen molar-refractivity contribution in [3.63, 3.8) is 0 Å². The molecule has 1 fully saturated rings. The Labute approximate surface area is 159 Å². The zero-order valence-electron chi connectivity index (χ0n) is 16.0. The first kappa shape index (κ1) is 19.6. The van der Waals surface area contributed by atoms with Crippen molar-refractivity contribution in [3.8, 4) is 0 Å². The molecule has 2 aliphatic carbocycles. The van der Waals surface area contributed by atoms with E-state index in [4.69, 9.17) is 11.1 Å². The van der Waals surface area contributed by atoms with Crippen LogP contribution in [0.5, 0.6) is 0 Å². The van der Waals surface area contributed by atoms with Gasteiger partial charge in [0.15, 0.2) is 0 Å². The van der Waals surface area contributed by atoms with Gasteiger partial charge in [-0.05, 0) is 56.1 Å². The van der Waals surface area contributed by atoms with Crippen LogP contribution >= 0.6 is 0 Å². The molecule has 3 atom stereocenters. The average molecular weight is 375 g/mol. The first-order valence-electron chi connectivity index (χ1n) is 9.60. The predicted octanol–water partition coefficient (Wildman–Crippen LogP) is 1.67. The third kappa shape index (κ3) is 3.93. The fourth-order valence-electron chi connectivity index (χ4n) is 4.50. The predicted molar refractivity (Wildman–Crippen MR) is 101 cm³/mol. The summed E-state index contributed by atoms with van der Waals surface area (Å²) in [5.41, 5.74) is 8.10. The molecular weight excluding hydrogens is 346 g/mol. The number of aliphatic carboxylic acids is 1. The van der Waals surface area contributed by atoms with E-state index in [1.807, 2.05) is 13.0 Å². The summed E-state index contributed by atoms with van der Waals surface area (Å²) in [5, 5.41) is 27.6. The van der Waals surface area contributed by atoms with Crippen molar-refractivity contribution in [1.82, 2.24) is 4.90 Å². The SMILES string of the molecule is C[C@H]1C=C(C(=N)C2=C(N)CC(C(=O)N3CC(C)(O)C3)CC2)CC[C@H]1C(=O)O. The van der Waals surface area contributed by atoms with E-state index in [0.717, 1.165) is 11.1 Å². The quantitative estimate of drug-likeness (QED) is 0.556. The monoisotopic (exact) mass is 375 g/mol. The lowest BCUT2D eigenvalue weighted by molar-refractivity contribution is -0.157. The topological polar surface area (TPSA) is 128 Å². The van der Waals surface area contributed by atoms with E-state index in [0.29, 0.717) is 56.6 Å². The number of amides is 1. The number of likely N-dealkylation sites (tertiary alicyclic amines) is 1. The van der Waals surface area contributed by atoms with Crippen LogP contribution in [0, 0.1) is 23.2 Å². The number of hydrogen-bond donors (Lipinski definition) is 4. The van der Waals surface area contributed by atoms with Crippen LogP contribution in [0.25, 0.3) is 0 Å². The van der Waals surface area contributed by atoms with Crippen LogP contribution in [0.4, 0.5) is 0 Å². The number of nitrogens with two attached hydrogens (primary N) is 1. The third-order valence-electron chi connectivity index (χ3n) is 6.08. The van der Waals surface area contributed by atoms with Crippen molar-refractivity contribution in [2.75, 3.05) is 13.1 Å². The number of carboxylic acids is 1. The summed E-state index contributed by atoms with van der Waals surface area (Å²) in [4.78, 5) is 25.5. The van der Waals surface area contributed by atoms with Crippen molar-refractivity contribution >= 4 is 17.6 Å². The van der Waals surface area contributed by atoms with Gasteiger partial charge in [0, 0.05) is 11.6 Å². The molecule has 7 heteroatoms. The summed E-state index contributed by atoms with van der Waals surface area (Å²) in [6.45, 7) is 4.33. The zero-order valence-corrected chi connectivity index (χ0v) is 16.0. The molecule has 0 aromatic heterocycles. The van der Waals surface area contributed by atoms with Gasteiger partial charge in [0.25, 0.3) is 0 Å². The van der Waals surface area contributed by atoms with E-state index in [1.54, 1.807) is 11.8 Å². The van der Waals surface area contributed by atoms with E-state index in [9.17, 15) is 19.8 Å². The highest BCUT2D eigenvalue weighted by molar-refractivity contribution is 6.11. The minimum Gasteiger partial charge on any atom is -0.481 e. The van der Waals surface area contributed by atoms with Gasteiger partial charge in [0.05, 0.1) is 30.3 Å². The first-order valence-corrected chi connectivity index (χ1v) is 9.60. The van der Waals surface area contributed by atoms with Gasteiger partial charge >= 0.3 is 5.97 Å². The second-order valence-electron chi connectivity index (χ2n) is 8.54. The van der Waals surface area contributed by atoms with Gasteiger partial charge in [-0.3, -0.25) is 9.59 Å². The summed E-state index contributed by atoms with van der Waals surface area (Å²) in [5.74, 6) is -1.44. The summed E-state index contributed by atoms with van der Waals surface area (Å²) in [6.07, 6.45) is 4.67. The highest BCUT2D eigenvalue weighted by Crippen LogP contribution is 2.35. The molecule has 148 valence electrons. The van der Waals surface area contributed by atoms with Crippen molar-refractivity contribution in [2.24, 2.45) is 23.5 Å². The summed E-state index contributed by atoms with van der Waals surface area (Å²) < 4.78 is 0. The lowest BCUT2D eigenvalue weighted by Gasteiger charge is -2.46. The Balaban J connectivity index is 1.66. The molecule has 3 aliphatic rings. The van der Waals surface area contributed by atoms with Crippen LogP contribution in [0.15, 0.2) is 22.9 Å². The molecule has 7 nitrogen and oxygen atoms in total. The van der Waals surface area contributed by atoms with Crippen molar-refractivity contribution in [3.05, 3.63) is 22.9 Å². The molecule has 1 amide bonds. The van der Waals surface area contributed by atoms with E-state index in [-0.39, 0.29) is 17.7 Å². The lowest BCUT2D eigenvalue weighted by atomic mass is 9.77. The zero-order chi connectivity index (χ0) is 19.9. The number of nitrogens with one attached hydrogen (secondary N) is 1. The standard InChI is InChI=1S/C20H29N3O4/c1-11-7-12(3-5-14(11)19(25)26)17(22)15-6-4-13(8-16(15)21)18(24)23-9-20(2,27)10-23/h7,11,13-14,22,27H,3-6,8-10,21H2,1-2H3,(H,25,26)/t11-,13?,14+/m0/s1. The van der Waals surface area contributed by atoms with Crippen LogP contribution in [-0.4, -0.2) is 51.4 Å². The molecule has 3 rings (SSSR count). The van der Waals surface area contributed by atoms with Crippen molar-refractivity contribution in [1.29, 1.82) is 5.41 Å². The Bertz CT molecular complexity index is 730. The number of allylic oxidation sites excluding steroid dienone is 4. The van der Waals surface area contributed by atoms with Crippen LogP contribution < -0.4 is 5.73 Å². The summed E-state index contributed by atoms with van der Waals surface area (Å²) in [6, 6.07) is 0. The molecule has 0 bridgehead atoms. The number of aliphatic hydroxyl groups is 1. The van der Waals surface area contributed by atoms with E-state index >= 15 is 0 Å². The minimum atomic E-state index is -0.785. The molecule has 1 aliphatic heterocycles. The van der Waals surface area contributed by atoms with Crippen LogP contribution in [0.2, 0.25) is 0 Å². The number of carbonyl (C=O) groups excluding carboxylic acids is 1. The molecule has 1 saturated heterocycles. The molecule has 1 unspecified atom stereocenters. The molecule has 0 aromatic rings. The highest BCUT2D eigenvalue weighted by atomic mass is 16.4. The van der Waals surface area contributed by atoms with Gasteiger partial charge in [0.1, 0.15) is 0 Å². The average Bonchev–Trinajstić information content (AvgIpc) is 2.57. The third-order valence-corrected chi connectivity index (χ3v) is 6.08. The number of nitrogens with zero attached hydrogens (tertiary/aromatic N) is 1. The van der Waals surface area contributed by atoms with E-state index in [1.165, 1.54) is 0 Å². The van der Waals surface area contributed by atoms with Crippen molar-refractivity contribution in [2.45, 2.75) is 51.6 Å². The molecule has 0 aromatic carbocycles. The molecule has 27 heavy (non-hydrogen) atoms. The molecule has 1 heterocycles. The number of carboxylic acid groups (broad SMARTS) is 1. The number of β-amino-alcohol motifs (C(OH)–C–C–N with tert-alkyl or cyclic N) is 1. The minimum absolute atomic E-state index is 0.0323. The van der Waals surface area contributed by atoms with E-state index < -0.39 is 17.5 Å². The molecule has 0 spiro atoms. The fraction of sp³-hybridized carbons (Fsp3) is 0.650. The van der Waals surface area contributed by atoms with Gasteiger partial charge in [-0.25, -0.2) is 0 Å². The van der Waals surface area contributed by atoms with Crippen LogP contribution in [0.3, 0.4) is 0 Å². The molecule has 0 saturated carbocycles. The smallest absolute Gasteiger partial charge is 0.307 e. The highest BCUT2D eigenvalue weighted by Gasteiger charge is 2.42. The normalized spacial score (nSPS) is 30.4. The molecule has 0 radical (unpaired) electrons. The van der Waals surface area contributed by atoms with E-state index in [2.05, 4.69) is 0 Å². The maximum absolute atomic E-state index is 12.6.